The van der Waals surface area contributed by atoms with Crippen molar-refractivity contribution in [2.45, 2.75) is 53.4 Å². The Morgan fingerprint density at radius 2 is 2.00 bits per heavy atom. The minimum atomic E-state index is 0. The predicted molar refractivity (Wildman–Crippen MR) is 136 cm³/mol. The number of halogens is 1. The topological polar surface area (TPSA) is 58.1 Å². The van der Waals surface area contributed by atoms with Crippen LogP contribution < -0.4 is 10.6 Å². The van der Waals surface area contributed by atoms with E-state index in [2.05, 4.69) is 67.5 Å². The third-order valence-corrected chi connectivity index (χ3v) is 4.82. The van der Waals surface area contributed by atoms with Crippen molar-refractivity contribution in [1.29, 1.82) is 0 Å². The van der Waals surface area contributed by atoms with E-state index >= 15 is 0 Å². The van der Waals surface area contributed by atoms with Crippen LogP contribution >= 0.6 is 24.0 Å². The van der Waals surface area contributed by atoms with Crippen molar-refractivity contribution in [3.8, 4) is 0 Å². The molecule has 1 aromatic carbocycles. The van der Waals surface area contributed by atoms with Crippen LogP contribution in [0.5, 0.6) is 0 Å². The Hall–Kier alpha value is -0.900. The maximum atomic E-state index is 5.95. The molecule has 7 heteroatoms. The molecule has 0 saturated carbocycles. The number of benzene rings is 1. The van der Waals surface area contributed by atoms with Crippen molar-refractivity contribution in [2.75, 3.05) is 45.9 Å². The molecule has 30 heavy (non-hydrogen) atoms. The number of aliphatic imine (C=N–C) groups is 1. The molecule has 0 spiro atoms. The minimum Gasteiger partial charge on any atom is -0.377 e. The third-order valence-electron chi connectivity index (χ3n) is 4.82. The fourth-order valence-corrected chi connectivity index (χ4v) is 3.48. The summed E-state index contributed by atoms with van der Waals surface area (Å²) in [6, 6.07) is 8.38. The van der Waals surface area contributed by atoms with Crippen molar-refractivity contribution in [2.24, 2.45) is 10.9 Å². The second kappa shape index (κ2) is 15.8. The van der Waals surface area contributed by atoms with Gasteiger partial charge in [-0.1, -0.05) is 45.0 Å². The van der Waals surface area contributed by atoms with Crippen molar-refractivity contribution in [3.05, 3.63) is 35.4 Å². The minimum absolute atomic E-state index is 0. The summed E-state index contributed by atoms with van der Waals surface area (Å²) in [6.45, 7) is 16.3. The Balaban J connectivity index is 0.00000450. The summed E-state index contributed by atoms with van der Waals surface area (Å²) in [6.07, 6.45) is 1.23. The molecule has 0 aromatic heterocycles. The summed E-state index contributed by atoms with van der Waals surface area (Å²) >= 11 is 0. The second-order valence-electron chi connectivity index (χ2n) is 8.04. The van der Waals surface area contributed by atoms with Gasteiger partial charge in [-0.15, -0.1) is 24.0 Å². The Morgan fingerprint density at radius 1 is 1.23 bits per heavy atom. The van der Waals surface area contributed by atoms with E-state index in [1.807, 2.05) is 0 Å². The Kier molecular flexibility index (Phi) is 14.3. The first-order valence-electron chi connectivity index (χ1n) is 11.1. The standard InChI is InChI=1S/C23H40N4O2.HI/c1-5-12-28-18-21-10-8-7-9-20(21)14-25-23(24-6-2)26-15-22-17-27(11-13-29-22)16-19(3)4;/h7-10,19,22H,5-6,11-18H2,1-4H3,(H2,24,25,26);1H. The van der Waals surface area contributed by atoms with Gasteiger partial charge in [-0.25, -0.2) is 4.99 Å². The Bertz CT molecular complexity index is 613. The number of ether oxygens (including phenoxy) is 2. The first-order valence-corrected chi connectivity index (χ1v) is 11.1. The highest BCUT2D eigenvalue weighted by Crippen LogP contribution is 2.12. The number of guanidine groups is 1. The number of nitrogens with zero attached hydrogens (tertiary/aromatic N) is 2. The monoisotopic (exact) mass is 532 g/mol. The fraction of sp³-hybridized carbons (Fsp3) is 0.696. The molecule has 1 heterocycles. The van der Waals surface area contributed by atoms with Crippen molar-refractivity contribution < 1.29 is 9.47 Å². The van der Waals surface area contributed by atoms with E-state index in [9.17, 15) is 0 Å². The molecule has 1 fully saturated rings. The van der Waals surface area contributed by atoms with Gasteiger partial charge in [0.2, 0.25) is 0 Å². The molecule has 1 saturated heterocycles. The van der Waals surface area contributed by atoms with Crippen LogP contribution in [0.1, 0.15) is 45.2 Å². The van der Waals surface area contributed by atoms with Crippen LogP contribution in [0.25, 0.3) is 0 Å². The summed E-state index contributed by atoms with van der Waals surface area (Å²) in [5.74, 6) is 1.52. The number of morpholine rings is 1. The summed E-state index contributed by atoms with van der Waals surface area (Å²) in [5.41, 5.74) is 2.42. The highest BCUT2D eigenvalue weighted by molar-refractivity contribution is 14.0. The largest absolute Gasteiger partial charge is 0.377 e. The molecule has 1 aliphatic heterocycles. The molecule has 6 nitrogen and oxygen atoms in total. The molecular formula is C23H41IN4O2. The third kappa shape index (κ3) is 10.4. The van der Waals surface area contributed by atoms with Gasteiger partial charge in [0.1, 0.15) is 0 Å². The second-order valence-corrected chi connectivity index (χ2v) is 8.04. The van der Waals surface area contributed by atoms with E-state index in [1.165, 1.54) is 11.1 Å². The van der Waals surface area contributed by atoms with E-state index in [1.54, 1.807) is 0 Å². The van der Waals surface area contributed by atoms with Gasteiger partial charge in [-0.05, 0) is 30.4 Å². The molecule has 2 rings (SSSR count). The normalized spacial score (nSPS) is 17.6. The van der Waals surface area contributed by atoms with Gasteiger partial charge in [0.15, 0.2) is 5.96 Å². The van der Waals surface area contributed by atoms with Gasteiger partial charge in [0, 0.05) is 39.3 Å². The average Bonchev–Trinajstić information content (AvgIpc) is 2.71. The van der Waals surface area contributed by atoms with Gasteiger partial charge >= 0.3 is 0 Å². The van der Waals surface area contributed by atoms with E-state index in [0.29, 0.717) is 19.1 Å². The summed E-state index contributed by atoms with van der Waals surface area (Å²) in [7, 11) is 0. The van der Waals surface area contributed by atoms with E-state index in [4.69, 9.17) is 14.5 Å². The zero-order chi connectivity index (χ0) is 20.9. The molecule has 1 unspecified atom stereocenters. The molecule has 1 aliphatic rings. The van der Waals surface area contributed by atoms with Crippen LogP contribution in [0.2, 0.25) is 0 Å². The first-order chi connectivity index (χ1) is 14.1. The molecule has 172 valence electrons. The van der Waals surface area contributed by atoms with Crippen LogP contribution in [0.4, 0.5) is 0 Å². The van der Waals surface area contributed by atoms with Crippen molar-refractivity contribution in [1.82, 2.24) is 15.5 Å². The highest BCUT2D eigenvalue weighted by Gasteiger charge is 2.21. The van der Waals surface area contributed by atoms with E-state index < -0.39 is 0 Å². The predicted octanol–water partition coefficient (Wildman–Crippen LogP) is 3.64. The van der Waals surface area contributed by atoms with Crippen molar-refractivity contribution in [3.63, 3.8) is 0 Å². The summed E-state index contributed by atoms with van der Waals surface area (Å²) < 4.78 is 11.7. The lowest BCUT2D eigenvalue weighted by Crippen LogP contribution is -2.50. The van der Waals surface area contributed by atoms with Crippen LogP contribution in [-0.4, -0.2) is 62.9 Å². The zero-order valence-electron chi connectivity index (χ0n) is 19.2. The summed E-state index contributed by atoms with van der Waals surface area (Å²) in [5, 5.41) is 6.81. The SMILES string of the molecule is CCCOCc1ccccc1CN=C(NCC)NCC1CN(CC(C)C)CCO1.I. The molecule has 0 amide bonds. The molecule has 0 radical (unpaired) electrons. The lowest BCUT2D eigenvalue weighted by Gasteiger charge is -2.34. The van der Waals surface area contributed by atoms with Gasteiger partial charge in [0.25, 0.3) is 0 Å². The average molecular weight is 533 g/mol. The van der Waals surface area contributed by atoms with Crippen LogP contribution in [0.3, 0.4) is 0 Å². The van der Waals surface area contributed by atoms with Crippen LogP contribution in [0, 0.1) is 5.92 Å². The van der Waals surface area contributed by atoms with Crippen LogP contribution in [0.15, 0.2) is 29.3 Å². The first kappa shape index (κ1) is 27.1. The fourth-order valence-electron chi connectivity index (χ4n) is 3.48. The lowest BCUT2D eigenvalue weighted by molar-refractivity contribution is -0.0284. The summed E-state index contributed by atoms with van der Waals surface area (Å²) in [4.78, 5) is 7.29. The molecule has 1 aromatic rings. The number of hydrogen-bond donors (Lipinski definition) is 2. The molecular weight excluding hydrogens is 491 g/mol. The van der Waals surface area contributed by atoms with Gasteiger partial charge in [-0.2, -0.15) is 0 Å². The maximum Gasteiger partial charge on any atom is 0.191 e. The molecule has 0 aliphatic carbocycles. The lowest BCUT2D eigenvalue weighted by atomic mass is 10.1. The Morgan fingerprint density at radius 3 is 2.70 bits per heavy atom. The number of rotatable bonds is 11. The number of nitrogens with one attached hydrogen (secondary N) is 2. The van der Waals surface area contributed by atoms with Crippen LogP contribution in [-0.2, 0) is 22.6 Å². The van der Waals surface area contributed by atoms with Crippen molar-refractivity contribution >= 4 is 29.9 Å². The molecule has 2 N–H and O–H groups in total. The zero-order valence-corrected chi connectivity index (χ0v) is 21.5. The molecule has 1 atom stereocenters. The Labute approximate surface area is 200 Å². The van der Waals surface area contributed by atoms with Gasteiger partial charge < -0.3 is 20.1 Å². The van der Waals surface area contributed by atoms with Gasteiger partial charge in [-0.3, -0.25) is 4.90 Å². The highest BCUT2D eigenvalue weighted by atomic mass is 127. The smallest absolute Gasteiger partial charge is 0.191 e. The van der Waals surface area contributed by atoms with E-state index in [0.717, 1.165) is 58.3 Å². The van der Waals surface area contributed by atoms with Gasteiger partial charge in [0.05, 0.1) is 25.9 Å². The van der Waals surface area contributed by atoms with E-state index in [-0.39, 0.29) is 30.1 Å². The maximum absolute atomic E-state index is 5.95. The molecule has 0 bridgehead atoms. The quantitative estimate of drug-likeness (QED) is 0.197. The number of hydrogen-bond acceptors (Lipinski definition) is 4.